The van der Waals surface area contributed by atoms with Crippen LogP contribution in [0.5, 0.6) is 0 Å². The molecule has 2 saturated heterocycles. The van der Waals surface area contributed by atoms with E-state index in [0.717, 1.165) is 32.0 Å². The Morgan fingerprint density at radius 1 is 1.14 bits per heavy atom. The summed E-state index contributed by atoms with van der Waals surface area (Å²) >= 11 is 0. The molecule has 2 aliphatic rings. The minimum absolute atomic E-state index is 0.667. The molecular formula is C17H35N3O. The van der Waals surface area contributed by atoms with Crippen molar-refractivity contribution < 1.29 is 4.74 Å². The van der Waals surface area contributed by atoms with Crippen molar-refractivity contribution in [2.75, 3.05) is 59.5 Å². The Balaban J connectivity index is 1.54. The Morgan fingerprint density at radius 2 is 1.86 bits per heavy atom. The van der Waals surface area contributed by atoms with Crippen LogP contribution in [0.25, 0.3) is 0 Å². The van der Waals surface area contributed by atoms with Gasteiger partial charge < -0.3 is 15.0 Å². The third kappa shape index (κ3) is 6.23. The standard InChI is InChI=1S/C17H35N3O/c1-16(14-18-8-5-13-21-2)20-11-6-17(7-12-20)15-19-9-3-4-10-19/h16-18H,3-15H2,1-2H3. The molecule has 0 aromatic rings. The molecule has 21 heavy (non-hydrogen) atoms. The topological polar surface area (TPSA) is 27.7 Å². The number of hydrogen-bond acceptors (Lipinski definition) is 4. The van der Waals surface area contributed by atoms with Crippen LogP contribution in [0.2, 0.25) is 0 Å². The summed E-state index contributed by atoms with van der Waals surface area (Å²) in [7, 11) is 1.77. The molecular weight excluding hydrogens is 262 g/mol. The zero-order valence-electron chi connectivity index (χ0n) is 14.1. The maximum atomic E-state index is 5.08. The van der Waals surface area contributed by atoms with Gasteiger partial charge >= 0.3 is 0 Å². The molecule has 2 rings (SSSR count). The first-order valence-electron chi connectivity index (χ1n) is 8.95. The average molecular weight is 297 g/mol. The van der Waals surface area contributed by atoms with Gasteiger partial charge in [-0.15, -0.1) is 0 Å². The van der Waals surface area contributed by atoms with Gasteiger partial charge in [-0.2, -0.15) is 0 Å². The summed E-state index contributed by atoms with van der Waals surface area (Å²) in [5.74, 6) is 0.946. The molecule has 0 saturated carbocycles. The van der Waals surface area contributed by atoms with E-state index in [0.29, 0.717) is 6.04 Å². The molecule has 0 aromatic carbocycles. The van der Waals surface area contributed by atoms with Crippen molar-refractivity contribution in [3.63, 3.8) is 0 Å². The molecule has 0 aromatic heterocycles. The van der Waals surface area contributed by atoms with Gasteiger partial charge in [0, 0.05) is 32.8 Å². The summed E-state index contributed by atoms with van der Waals surface area (Å²) in [6, 6.07) is 0.667. The quantitative estimate of drug-likeness (QED) is 0.657. The monoisotopic (exact) mass is 297 g/mol. The fourth-order valence-corrected chi connectivity index (χ4v) is 3.69. The van der Waals surface area contributed by atoms with E-state index < -0.39 is 0 Å². The molecule has 1 N–H and O–H groups in total. The Kier molecular flexibility index (Phi) is 8.01. The predicted molar refractivity (Wildman–Crippen MR) is 88.8 cm³/mol. The normalized spacial score (nSPS) is 23.7. The van der Waals surface area contributed by atoms with Crippen molar-refractivity contribution in [2.24, 2.45) is 5.92 Å². The zero-order valence-corrected chi connectivity index (χ0v) is 14.1. The summed E-state index contributed by atoms with van der Waals surface area (Å²) in [6.07, 6.45) is 6.74. The minimum Gasteiger partial charge on any atom is -0.385 e. The fourth-order valence-electron chi connectivity index (χ4n) is 3.69. The summed E-state index contributed by atoms with van der Waals surface area (Å²) in [6.45, 7) is 12.1. The van der Waals surface area contributed by atoms with E-state index in [4.69, 9.17) is 4.74 Å². The van der Waals surface area contributed by atoms with Crippen molar-refractivity contribution in [3.05, 3.63) is 0 Å². The lowest BCUT2D eigenvalue weighted by Crippen LogP contribution is -2.46. The van der Waals surface area contributed by atoms with Crippen LogP contribution >= 0.6 is 0 Å². The summed E-state index contributed by atoms with van der Waals surface area (Å²) < 4.78 is 5.08. The lowest BCUT2D eigenvalue weighted by Gasteiger charge is -2.37. The maximum Gasteiger partial charge on any atom is 0.0474 e. The van der Waals surface area contributed by atoms with Crippen molar-refractivity contribution in [2.45, 2.75) is 45.1 Å². The molecule has 0 radical (unpaired) electrons. The van der Waals surface area contributed by atoms with Crippen LogP contribution in [-0.2, 0) is 4.74 Å². The van der Waals surface area contributed by atoms with Crippen LogP contribution in [0.3, 0.4) is 0 Å². The number of piperidine rings is 1. The molecule has 2 heterocycles. The van der Waals surface area contributed by atoms with E-state index in [9.17, 15) is 0 Å². The molecule has 1 unspecified atom stereocenters. The van der Waals surface area contributed by atoms with Crippen molar-refractivity contribution in [1.82, 2.24) is 15.1 Å². The third-order valence-electron chi connectivity index (χ3n) is 5.13. The first kappa shape index (κ1) is 17.2. The van der Waals surface area contributed by atoms with Crippen LogP contribution in [0.1, 0.15) is 39.0 Å². The Morgan fingerprint density at radius 3 is 2.52 bits per heavy atom. The van der Waals surface area contributed by atoms with Crippen LogP contribution in [-0.4, -0.2) is 75.4 Å². The van der Waals surface area contributed by atoms with Gasteiger partial charge in [-0.25, -0.2) is 0 Å². The van der Waals surface area contributed by atoms with Crippen molar-refractivity contribution in [1.29, 1.82) is 0 Å². The number of ether oxygens (including phenoxy) is 1. The average Bonchev–Trinajstić information content (AvgIpc) is 3.00. The smallest absolute Gasteiger partial charge is 0.0474 e. The highest BCUT2D eigenvalue weighted by molar-refractivity contribution is 4.80. The van der Waals surface area contributed by atoms with Crippen LogP contribution in [0.4, 0.5) is 0 Å². The zero-order chi connectivity index (χ0) is 14.9. The number of hydrogen-bond donors (Lipinski definition) is 1. The molecule has 2 aliphatic heterocycles. The molecule has 0 amide bonds. The van der Waals surface area contributed by atoms with Crippen molar-refractivity contribution >= 4 is 0 Å². The van der Waals surface area contributed by atoms with Gasteiger partial charge in [0.1, 0.15) is 0 Å². The molecule has 0 spiro atoms. The molecule has 2 fully saturated rings. The van der Waals surface area contributed by atoms with Gasteiger partial charge in [-0.3, -0.25) is 4.90 Å². The van der Waals surface area contributed by atoms with Gasteiger partial charge in [0.15, 0.2) is 0 Å². The van der Waals surface area contributed by atoms with E-state index in [2.05, 4.69) is 22.0 Å². The van der Waals surface area contributed by atoms with Gasteiger partial charge in [0.25, 0.3) is 0 Å². The number of nitrogens with zero attached hydrogens (tertiary/aromatic N) is 2. The second-order valence-electron chi connectivity index (χ2n) is 6.89. The third-order valence-corrected chi connectivity index (χ3v) is 5.13. The van der Waals surface area contributed by atoms with Gasteiger partial charge in [0.2, 0.25) is 0 Å². The lowest BCUT2D eigenvalue weighted by atomic mass is 9.95. The maximum absolute atomic E-state index is 5.08. The summed E-state index contributed by atoms with van der Waals surface area (Å²) in [4.78, 5) is 5.35. The highest BCUT2D eigenvalue weighted by Crippen LogP contribution is 2.21. The van der Waals surface area contributed by atoms with E-state index in [1.165, 1.54) is 58.4 Å². The molecule has 0 bridgehead atoms. The lowest BCUT2D eigenvalue weighted by molar-refractivity contribution is 0.120. The molecule has 1 atom stereocenters. The minimum atomic E-state index is 0.667. The summed E-state index contributed by atoms with van der Waals surface area (Å²) in [5, 5.41) is 3.56. The Bertz CT molecular complexity index is 261. The van der Waals surface area contributed by atoms with Crippen LogP contribution < -0.4 is 5.32 Å². The number of methoxy groups -OCH3 is 1. The number of likely N-dealkylation sites (tertiary alicyclic amines) is 2. The second kappa shape index (κ2) is 9.78. The number of nitrogens with one attached hydrogen (secondary N) is 1. The highest BCUT2D eigenvalue weighted by atomic mass is 16.5. The SMILES string of the molecule is COCCCNCC(C)N1CCC(CN2CCCC2)CC1. The van der Waals surface area contributed by atoms with Crippen molar-refractivity contribution in [3.8, 4) is 0 Å². The van der Waals surface area contributed by atoms with E-state index >= 15 is 0 Å². The highest BCUT2D eigenvalue weighted by Gasteiger charge is 2.24. The second-order valence-corrected chi connectivity index (χ2v) is 6.89. The van der Waals surface area contributed by atoms with Crippen LogP contribution in [0.15, 0.2) is 0 Å². The first-order valence-corrected chi connectivity index (χ1v) is 8.95. The van der Waals surface area contributed by atoms with Gasteiger partial charge in [-0.05, 0) is 77.7 Å². The Labute approximate surface area is 131 Å². The number of rotatable bonds is 9. The Hall–Kier alpha value is -0.160. The van der Waals surface area contributed by atoms with E-state index in [1.54, 1.807) is 7.11 Å². The molecule has 124 valence electrons. The van der Waals surface area contributed by atoms with Crippen LogP contribution in [0, 0.1) is 5.92 Å². The van der Waals surface area contributed by atoms with Gasteiger partial charge in [-0.1, -0.05) is 0 Å². The molecule has 4 heteroatoms. The first-order chi connectivity index (χ1) is 10.3. The molecule has 4 nitrogen and oxygen atoms in total. The summed E-state index contributed by atoms with van der Waals surface area (Å²) in [5.41, 5.74) is 0. The fraction of sp³-hybridized carbons (Fsp3) is 1.00. The molecule has 0 aliphatic carbocycles. The largest absolute Gasteiger partial charge is 0.385 e. The van der Waals surface area contributed by atoms with E-state index in [-0.39, 0.29) is 0 Å². The van der Waals surface area contributed by atoms with E-state index in [1.807, 2.05) is 0 Å². The van der Waals surface area contributed by atoms with Gasteiger partial charge in [0.05, 0.1) is 0 Å². The predicted octanol–water partition coefficient (Wildman–Crippen LogP) is 1.81.